The number of para-hydroxylation sites is 5. The number of ether oxygens (including phenoxy) is 1. The molecule has 0 saturated carbocycles. The summed E-state index contributed by atoms with van der Waals surface area (Å²) < 4.78 is 11.3. The monoisotopic (exact) mass is 880 g/mol. The molecule has 1 aliphatic heterocycles. The minimum Gasteiger partial charge on any atom is -0.509 e. The number of fused-ring (bicyclic) bond motifs is 6. The molecule has 1 aliphatic rings. The van der Waals surface area contributed by atoms with Gasteiger partial charge < -0.3 is 23.7 Å². The Kier molecular flexibility index (Phi) is 9.60. The predicted octanol–water partition coefficient (Wildman–Crippen LogP) is 13.9. The molecule has 0 unspecified atom stereocenters. The van der Waals surface area contributed by atoms with Crippen LogP contribution in [0.4, 0.5) is 22.7 Å². The molecule has 0 amide bonds. The number of rotatable bonds is 7. The summed E-state index contributed by atoms with van der Waals surface area (Å²) in [5, 5.41) is 2.17. The first-order valence-electron chi connectivity index (χ1n) is 20.3. The SMILES string of the molecule is CC(C)(C)c1ccccc1N1[CH-]N(c2[c-]c(Oc3[c-]c4c(cc3)c3c(c5ccccc5n3-c3ccccc3)n4-c3cc(-c4ccccc4)ccn3)ccc2)c2ccccc21.[Pd]. The number of nitrogens with zero attached hydrogens (tertiary/aromatic N) is 5. The standard InChI is InChI=1S/C54H40N5O.Pd/c1-54(2,3)45-24-11-13-26-47(45)57-36-56(48-27-14-15-28-49(48)57)40-21-16-22-41(34-40)60-42-29-30-44-50(35-42)59(51-33-38(31-32-55-51)37-17-6-4-7-18-37)53-43-23-10-12-25-46(43)58(52(44)53)39-19-8-5-9-20-39;/h4-33,36H,1-3H3;/q-3;. The van der Waals surface area contributed by atoms with Gasteiger partial charge in [0, 0.05) is 71.8 Å². The van der Waals surface area contributed by atoms with E-state index in [0.29, 0.717) is 11.5 Å². The van der Waals surface area contributed by atoms with E-state index >= 15 is 0 Å². The van der Waals surface area contributed by atoms with Crippen LogP contribution in [0.5, 0.6) is 11.5 Å². The Bertz CT molecular complexity index is 3220. The van der Waals surface area contributed by atoms with Crippen LogP contribution in [0.15, 0.2) is 182 Å². The van der Waals surface area contributed by atoms with Crippen LogP contribution in [0.1, 0.15) is 26.3 Å². The maximum atomic E-state index is 6.70. The average Bonchev–Trinajstić information content (AvgIpc) is 3.95. The Labute approximate surface area is 369 Å². The summed E-state index contributed by atoms with van der Waals surface area (Å²) in [4.78, 5) is 9.47. The van der Waals surface area contributed by atoms with Crippen LogP contribution in [0.25, 0.3) is 55.5 Å². The Morgan fingerprint density at radius 1 is 0.541 bits per heavy atom. The zero-order valence-electron chi connectivity index (χ0n) is 33.9. The second kappa shape index (κ2) is 15.3. The minimum atomic E-state index is -0.0335. The van der Waals surface area contributed by atoms with Gasteiger partial charge in [-0.15, -0.1) is 42.7 Å². The molecule has 0 aliphatic carbocycles. The van der Waals surface area contributed by atoms with Crippen molar-refractivity contribution in [3.63, 3.8) is 0 Å². The predicted molar refractivity (Wildman–Crippen MR) is 245 cm³/mol. The molecule has 0 N–H and O–H groups in total. The van der Waals surface area contributed by atoms with Crippen molar-refractivity contribution in [2.24, 2.45) is 0 Å². The number of hydrogen-bond acceptors (Lipinski definition) is 4. The molecule has 0 fully saturated rings. The van der Waals surface area contributed by atoms with Gasteiger partial charge in [-0.1, -0.05) is 129 Å². The third-order valence-corrected chi connectivity index (χ3v) is 11.4. The van der Waals surface area contributed by atoms with Gasteiger partial charge in [-0.05, 0) is 70.6 Å². The van der Waals surface area contributed by atoms with E-state index in [-0.39, 0.29) is 25.8 Å². The molecule has 6 nitrogen and oxygen atoms in total. The van der Waals surface area contributed by atoms with Crippen LogP contribution >= 0.6 is 0 Å². The quantitative estimate of drug-likeness (QED) is 0.118. The van der Waals surface area contributed by atoms with Gasteiger partial charge in [0.15, 0.2) is 0 Å². The topological polar surface area (TPSA) is 38.5 Å². The van der Waals surface area contributed by atoms with Crippen LogP contribution < -0.4 is 14.5 Å². The molecule has 7 aromatic carbocycles. The normalized spacial score (nSPS) is 12.6. The van der Waals surface area contributed by atoms with Crippen LogP contribution in [0.2, 0.25) is 0 Å². The molecule has 0 spiro atoms. The minimum absolute atomic E-state index is 0. The fraction of sp³-hybridized carbons (Fsp3) is 0.0741. The molecule has 300 valence electrons. The van der Waals surface area contributed by atoms with Crippen molar-refractivity contribution in [2.75, 3.05) is 9.80 Å². The van der Waals surface area contributed by atoms with Gasteiger partial charge in [-0.2, -0.15) is 12.1 Å². The smallest absolute Gasteiger partial charge is 0.136 e. The zero-order chi connectivity index (χ0) is 40.4. The molecule has 0 radical (unpaired) electrons. The zero-order valence-corrected chi connectivity index (χ0v) is 35.4. The number of aromatic nitrogens is 3. The molecular weight excluding hydrogens is 841 g/mol. The van der Waals surface area contributed by atoms with Crippen molar-refractivity contribution in [2.45, 2.75) is 26.2 Å². The second-order valence-corrected chi connectivity index (χ2v) is 16.2. The molecule has 0 saturated heterocycles. The third-order valence-electron chi connectivity index (χ3n) is 11.4. The summed E-state index contributed by atoms with van der Waals surface area (Å²) in [6.45, 7) is 8.94. The Hall–Kier alpha value is -6.91. The molecule has 4 heterocycles. The van der Waals surface area contributed by atoms with Crippen LogP contribution in [0, 0.1) is 18.8 Å². The summed E-state index contributed by atoms with van der Waals surface area (Å²) >= 11 is 0. The van der Waals surface area contributed by atoms with Crippen LogP contribution in [-0.4, -0.2) is 14.1 Å². The Morgan fingerprint density at radius 2 is 1.20 bits per heavy atom. The first-order valence-corrected chi connectivity index (χ1v) is 20.3. The van der Waals surface area contributed by atoms with E-state index in [1.165, 1.54) is 5.56 Å². The second-order valence-electron chi connectivity index (χ2n) is 16.2. The first kappa shape index (κ1) is 38.3. The molecule has 0 bridgehead atoms. The summed E-state index contributed by atoms with van der Waals surface area (Å²) in [5.74, 6) is 1.97. The van der Waals surface area contributed by atoms with Crippen molar-refractivity contribution in [3.05, 3.63) is 206 Å². The van der Waals surface area contributed by atoms with E-state index in [4.69, 9.17) is 9.72 Å². The Balaban J connectivity index is 0.00000445. The molecule has 10 aromatic rings. The Morgan fingerprint density at radius 3 is 1.98 bits per heavy atom. The maximum absolute atomic E-state index is 6.70. The molecule has 11 rings (SSSR count). The number of benzene rings is 7. The van der Waals surface area contributed by atoms with Crippen molar-refractivity contribution in [1.82, 2.24) is 14.1 Å². The fourth-order valence-electron chi connectivity index (χ4n) is 8.69. The van der Waals surface area contributed by atoms with Crippen LogP contribution in [0.3, 0.4) is 0 Å². The van der Waals surface area contributed by atoms with Gasteiger partial charge >= 0.3 is 0 Å². The van der Waals surface area contributed by atoms with E-state index in [9.17, 15) is 0 Å². The van der Waals surface area contributed by atoms with Crippen molar-refractivity contribution >= 4 is 55.6 Å². The van der Waals surface area contributed by atoms with E-state index < -0.39 is 0 Å². The number of hydrogen-bond donors (Lipinski definition) is 0. The van der Waals surface area contributed by atoms with Gasteiger partial charge in [0.05, 0.1) is 11.0 Å². The number of pyridine rings is 1. The summed E-state index contributed by atoms with van der Waals surface area (Å²) in [6, 6.07) is 68.5. The molecule has 3 aromatic heterocycles. The van der Waals surface area contributed by atoms with Crippen molar-refractivity contribution in [1.29, 1.82) is 0 Å². The summed E-state index contributed by atoms with van der Waals surface area (Å²) in [5.41, 5.74) is 12.9. The van der Waals surface area contributed by atoms with Gasteiger partial charge in [-0.3, -0.25) is 0 Å². The summed E-state index contributed by atoms with van der Waals surface area (Å²) in [7, 11) is 0. The third kappa shape index (κ3) is 6.58. The first-order chi connectivity index (χ1) is 29.4. The van der Waals surface area contributed by atoms with Gasteiger partial charge in [0.25, 0.3) is 0 Å². The molecule has 61 heavy (non-hydrogen) atoms. The van der Waals surface area contributed by atoms with Crippen molar-refractivity contribution in [3.8, 4) is 34.1 Å². The van der Waals surface area contributed by atoms with Gasteiger partial charge in [0.1, 0.15) is 5.82 Å². The van der Waals surface area contributed by atoms with Gasteiger partial charge in [-0.25, -0.2) is 4.98 Å². The average molecular weight is 881 g/mol. The maximum Gasteiger partial charge on any atom is 0.136 e. The fourth-order valence-corrected chi connectivity index (χ4v) is 8.69. The van der Waals surface area contributed by atoms with Crippen molar-refractivity contribution < 1.29 is 25.2 Å². The molecular formula is C54H40N5OPd-3. The van der Waals surface area contributed by atoms with E-state index in [1.807, 2.05) is 30.5 Å². The molecule has 7 heteroatoms. The largest absolute Gasteiger partial charge is 0.509 e. The van der Waals surface area contributed by atoms with Crippen LogP contribution in [-0.2, 0) is 25.8 Å². The molecule has 0 atom stereocenters. The van der Waals surface area contributed by atoms with E-state index in [2.05, 4.69) is 210 Å². The van der Waals surface area contributed by atoms with E-state index in [1.54, 1.807) is 0 Å². The number of anilines is 4. The van der Waals surface area contributed by atoms with E-state index in [0.717, 1.165) is 78.2 Å². The summed E-state index contributed by atoms with van der Waals surface area (Å²) in [6.07, 6.45) is 1.89. The van der Waals surface area contributed by atoms with Gasteiger partial charge in [0.2, 0.25) is 0 Å².